The molecule has 1 rings (SSSR count). The molecule has 0 aliphatic rings. The molecular formula is C13H21FN2O. The van der Waals surface area contributed by atoms with Crippen molar-refractivity contribution in [2.24, 2.45) is 5.73 Å². The molecular weight excluding hydrogens is 219 g/mol. The van der Waals surface area contributed by atoms with E-state index in [9.17, 15) is 4.39 Å². The molecule has 2 N–H and O–H groups in total. The van der Waals surface area contributed by atoms with E-state index in [4.69, 9.17) is 10.5 Å². The predicted octanol–water partition coefficient (Wildman–Crippen LogP) is 2.18. The molecule has 17 heavy (non-hydrogen) atoms. The lowest BCUT2D eigenvalue weighted by atomic mass is 10.1. The van der Waals surface area contributed by atoms with E-state index in [0.717, 1.165) is 18.5 Å². The number of hydrogen-bond acceptors (Lipinski definition) is 3. The van der Waals surface area contributed by atoms with Crippen LogP contribution in [0.3, 0.4) is 0 Å². The van der Waals surface area contributed by atoms with Gasteiger partial charge in [0.2, 0.25) is 0 Å². The Kier molecular flexibility index (Phi) is 5.38. The van der Waals surface area contributed by atoms with E-state index < -0.39 is 0 Å². The maximum Gasteiger partial charge on any atom is 0.165 e. The molecule has 0 bridgehead atoms. The molecule has 1 unspecified atom stereocenters. The Morgan fingerprint density at radius 3 is 2.71 bits per heavy atom. The van der Waals surface area contributed by atoms with Crippen molar-refractivity contribution in [3.05, 3.63) is 29.6 Å². The zero-order chi connectivity index (χ0) is 12.8. The first-order valence-corrected chi connectivity index (χ1v) is 5.84. The van der Waals surface area contributed by atoms with E-state index in [1.54, 1.807) is 12.1 Å². The summed E-state index contributed by atoms with van der Waals surface area (Å²) >= 11 is 0. The highest BCUT2D eigenvalue weighted by molar-refractivity contribution is 5.36. The van der Waals surface area contributed by atoms with Gasteiger partial charge in [0.1, 0.15) is 0 Å². The van der Waals surface area contributed by atoms with Crippen LogP contribution in [0.4, 0.5) is 4.39 Å². The largest absolute Gasteiger partial charge is 0.490 e. The van der Waals surface area contributed by atoms with E-state index in [2.05, 4.69) is 4.90 Å². The SMILES string of the molecule is CC(N)c1cccc(F)c1OCCCN(C)C. The first-order chi connectivity index (χ1) is 8.02. The summed E-state index contributed by atoms with van der Waals surface area (Å²) in [4.78, 5) is 2.07. The molecule has 0 aromatic heterocycles. The lowest BCUT2D eigenvalue weighted by molar-refractivity contribution is 0.268. The average molecular weight is 240 g/mol. The van der Waals surface area contributed by atoms with Gasteiger partial charge in [-0.25, -0.2) is 4.39 Å². The van der Waals surface area contributed by atoms with Crippen LogP contribution in [-0.2, 0) is 0 Å². The monoisotopic (exact) mass is 240 g/mol. The molecule has 1 aromatic carbocycles. The maximum atomic E-state index is 13.6. The third-order valence-corrected chi connectivity index (χ3v) is 2.48. The fraction of sp³-hybridized carbons (Fsp3) is 0.538. The van der Waals surface area contributed by atoms with E-state index in [0.29, 0.717) is 12.4 Å². The molecule has 0 aliphatic heterocycles. The Morgan fingerprint density at radius 2 is 2.12 bits per heavy atom. The lowest BCUT2D eigenvalue weighted by Gasteiger charge is -2.15. The van der Waals surface area contributed by atoms with Gasteiger partial charge in [0.05, 0.1) is 6.61 Å². The summed E-state index contributed by atoms with van der Waals surface area (Å²) in [5.41, 5.74) is 6.50. The second kappa shape index (κ2) is 6.57. The van der Waals surface area contributed by atoms with E-state index >= 15 is 0 Å². The van der Waals surface area contributed by atoms with Crippen LogP contribution in [-0.4, -0.2) is 32.1 Å². The van der Waals surface area contributed by atoms with Crippen LogP contribution in [0.25, 0.3) is 0 Å². The Bertz CT molecular complexity index is 353. The van der Waals surface area contributed by atoms with Crippen molar-refractivity contribution < 1.29 is 9.13 Å². The minimum atomic E-state index is -0.343. The fourth-order valence-corrected chi connectivity index (χ4v) is 1.59. The Balaban J connectivity index is 2.63. The van der Waals surface area contributed by atoms with Crippen molar-refractivity contribution >= 4 is 0 Å². The third-order valence-electron chi connectivity index (χ3n) is 2.48. The molecule has 1 atom stereocenters. The van der Waals surface area contributed by atoms with Gasteiger partial charge in [-0.1, -0.05) is 12.1 Å². The fourth-order valence-electron chi connectivity index (χ4n) is 1.59. The number of hydrogen-bond donors (Lipinski definition) is 1. The first kappa shape index (κ1) is 13.9. The Hall–Kier alpha value is -1.13. The minimum absolute atomic E-state index is 0.227. The number of benzene rings is 1. The molecule has 0 radical (unpaired) electrons. The Labute approximate surface area is 102 Å². The molecule has 0 spiro atoms. The van der Waals surface area contributed by atoms with Crippen molar-refractivity contribution in [3.63, 3.8) is 0 Å². The van der Waals surface area contributed by atoms with Crippen molar-refractivity contribution in [2.75, 3.05) is 27.2 Å². The second-order valence-corrected chi connectivity index (χ2v) is 4.45. The van der Waals surface area contributed by atoms with Crippen molar-refractivity contribution in [2.45, 2.75) is 19.4 Å². The smallest absolute Gasteiger partial charge is 0.165 e. The normalized spacial score (nSPS) is 12.8. The van der Waals surface area contributed by atoms with Crippen LogP contribution in [0.15, 0.2) is 18.2 Å². The highest BCUT2D eigenvalue weighted by Crippen LogP contribution is 2.26. The summed E-state index contributed by atoms with van der Waals surface area (Å²) < 4.78 is 19.1. The number of para-hydroxylation sites is 1. The zero-order valence-corrected chi connectivity index (χ0v) is 10.7. The molecule has 0 heterocycles. The van der Waals surface area contributed by atoms with Gasteiger partial charge < -0.3 is 15.4 Å². The third kappa shape index (κ3) is 4.32. The molecule has 0 fully saturated rings. The number of ether oxygens (including phenoxy) is 1. The van der Waals surface area contributed by atoms with Gasteiger partial charge in [-0.05, 0) is 33.5 Å². The summed E-state index contributed by atoms with van der Waals surface area (Å²) in [5, 5.41) is 0. The van der Waals surface area contributed by atoms with Crippen molar-refractivity contribution in [3.8, 4) is 5.75 Å². The number of nitrogens with two attached hydrogens (primary N) is 1. The molecule has 96 valence electrons. The Morgan fingerprint density at radius 1 is 1.41 bits per heavy atom. The summed E-state index contributed by atoms with van der Waals surface area (Å²) in [6, 6.07) is 4.62. The summed E-state index contributed by atoms with van der Waals surface area (Å²) in [5.74, 6) is -0.0501. The average Bonchev–Trinajstić information content (AvgIpc) is 2.25. The summed E-state index contributed by atoms with van der Waals surface area (Å²) in [6.07, 6.45) is 0.861. The van der Waals surface area contributed by atoms with Crippen molar-refractivity contribution in [1.82, 2.24) is 4.90 Å². The quantitative estimate of drug-likeness (QED) is 0.774. The standard InChI is InChI=1S/C13H21FN2O/c1-10(15)11-6-4-7-12(14)13(11)17-9-5-8-16(2)3/h4,6-7,10H,5,8-9,15H2,1-3H3. The van der Waals surface area contributed by atoms with Gasteiger partial charge >= 0.3 is 0 Å². The van der Waals surface area contributed by atoms with Crippen LogP contribution in [0.2, 0.25) is 0 Å². The maximum absolute atomic E-state index is 13.6. The van der Waals surface area contributed by atoms with E-state index in [-0.39, 0.29) is 11.9 Å². The van der Waals surface area contributed by atoms with Gasteiger partial charge in [-0.15, -0.1) is 0 Å². The lowest BCUT2D eigenvalue weighted by Crippen LogP contribution is -2.16. The van der Waals surface area contributed by atoms with Crippen LogP contribution in [0.5, 0.6) is 5.75 Å². The number of nitrogens with zero attached hydrogens (tertiary/aromatic N) is 1. The van der Waals surface area contributed by atoms with Gasteiger partial charge in [-0.3, -0.25) is 0 Å². The van der Waals surface area contributed by atoms with Gasteiger partial charge in [0.25, 0.3) is 0 Å². The van der Waals surface area contributed by atoms with Gasteiger partial charge in [0, 0.05) is 18.2 Å². The zero-order valence-electron chi connectivity index (χ0n) is 10.7. The minimum Gasteiger partial charge on any atom is -0.490 e. The molecule has 4 heteroatoms. The van der Waals surface area contributed by atoms with Crippen LogP contribution in [0.1, 0.15) is 24.9 Å². The summed E-state index contributed by atoms with van der Waals surface area (Å²) in [7, 11) is 3.99. The van der Waals surface area contributed by atoms with Crippen molar-refractivity contribution in [1.29, 1.82) is 0 Å². The predicted molar refractivity (Wildman–Crippen MR) is 67.7 cm³/mol. The second-order valence-electron chi connectivity index (χ2n) is 4.45. The number of rotatable bonds is 6. The highest BCUT2D eigenvalue weighted by Gasteiger charge is 2.12. The highest BCUT2D eigenvalue weighted by atomic mass is 19.1. The molecule has 0 saturated heterocycles. The van der Waals surface area contributed by atoms with E-state index in [1.165, 1.54) is 6.07 Å². The topological polar surface area (TPSA) is 38.5 Å². The van der Waals surface area contributed by atoms with Crippen LogP contribution in [0, 0.1) is 5.82 Å². The molecule has 0 amide bonds. The van der Waals surface area contributed by atoms with E-state index in [1.807, 2.05) is 21.0 Å². The molecule has 1 aromatic rings. The number of halogens is 1. The van der Waals surface area contributed by atoms with Gasteiger partial charge in [0.15, 0.2) is 11.6 Å². The summed E-state index contributed by atoms with van der Waals surface area (Å²) in [6.45, 7) is 3.24. The van der Waals surface area contributed by atoms with Gasteiger partial charge in [-0.2, -0.15) is 0 Å². The molecule has 3 nitrogen and oxygen atoms in total. The first-order valence-electron chi connectivity index (χ1n) is 5.84. The molecule has 0 saturated carbocycles. The van der Waals surface area contributed by atoms with Crippen LogP contribution >= 0.6 is 0 Å². The van der Waals surface area contributed by atoms with Crippen LogP contribution < -0.4 is 10.5 Å². The molecule has 0 aliphatic carbocycles.